The van der Waals surface area contributed by atoms with Crippen LogP contribution in [0.5, 0.6) is 0 Å². The molecule has 0 radical (unpaired) electrons. The molecular formula is C34H50ClN3O2. The fourth-order valence-corrected chi connectivity index (χ4v) is 4.73. The monoisotopic (exact) mass is 567 g/mol. The maximum Gasteiger partial charge on any atom is 0.278 e. The first kappa shape index (κ1) is 33.5. The van der Waals surface area contributed by atoms with Crippen LogP contribution in [0.1, 0.15) is 105 Å². The summed E-state index contributed by atoms with van der Waals surface area (Å²) in [4.78, 5) is 34.2. The number of aliphatic imine (C=N–C) groups is 1. The zero-order chi connectivity index (χ0) is 29.5. The van der Waals surface area contributed by atoms with Crippen molar-refractivity contribution in [2.24, 2.45) is 10.4 Å². The molecule has 0 aromatic heterocycles. The molecule has 0 heterocycles. The van der Waals surface area contributed by atoms with Gasteiger partial charge in [-0.1, -0.05) is 104 Å². The molecule has 1 N–H and O–H groups in total. The smallest absolute Gasteiger partial charge is 0.278 e. The van der Waals surface area contributed by atoms with Crippen molar-refractivity contribution in [2.45, 2.75) is 106 Å². The van der Waals surface area contributed by atoms with Gasteiger partial charge < -0.3 is 10.2 Å². The van der Waals surface area contributed by atoms with E-state index in [4.69, 9.17) is 16.6 Å². The highest BCUT2D eigenvalue weighted by Crippen LogP contribution is 2.30. The lowest BCUT2D eigenvalue weighted by Gasteiger charge is -2.26. The van der Waals surface area contributed by atoms with Crippen molar-refractivity contribution in [1.29, 1.82) is 0 Å². The molecule has 5 nitrogen and oxygen atoms in total. The highest BCUT2D eigenvalue weighted by Gasteiger charge is 2.31. The van der Waals surface area contributed by atoms with Gasteiger partial charge in [-0.05, 0) is 61.6 Å². The standard InChI is InChI=1S/C34H50ClN3O2/c1-7-10-13-18-26-25-27(38(23-16-11-8-2)24-17-12-9-3)21-22-29(26)36-31(32(39)34(4,5)6)33(40)37-30-20-15-14-19-28(30)35/h14-15,19-22,25H,7-13,16-18,23-24H2,1-6H3,(H,37,40)/b36-31-. The number of nitrogens with zero attached hydrogens (tertiary/aromatic N) is 2. The molecule has 220 valence electrons. The molecule has 2 aromatic rings. The molecule has 40 heavy (non-hydrogen) atoms. The van der Waals surface area contributed by atoms with Crippen molar-refractivity contribution in [3.05, 3.63) is 53.1 Å². The number of nitrogens with one attached hydrogen (secondary N) is 1. The molecule has 2 rings (SSSR count). The number of carbonyl (C=O) groups excluding carboxylic acids is 2. The largest absolute Gasteiger partial charge is 0.372 e. The second kappa shape index (κ2) is 17.2. The number of para-hydroxylation sites is 1. The van der Waals surface area contributed by atoms with Crippen molar-refractivity contribution in [2.75, 3.05) is 23.3 Å². The Balaban J connectivity index is 2.53. The topological polar surface area (TPSA) is 61.8 Å². The Labute approximate surface area is 247 Å². The Morgan fingerprint density at radius 3 is 2.02 bits per heavy atom. The maximum atomic E-state index is 13.5. The molecule has 0 aliphatic heterocycles. The van der Waals surface area contributed by atoms with Gasteiger partial charge in [0.2, 0.25) is 0 Å². The van der Waals surface area contributed by atoms with E-state index in [1.807, 2.05) is 26.8 Å². The third-order valence-corrected chi connectivity index (χ3v) is 7.34. The zero-order valence-electron chi connectivity index (χ0n) is 25.6. The van der Waals surface area contributed by atoms with E-state index in [0.717, 1.165) is 44.3 Å². The minimum atomic E-state index is -0.770. The summed E-state index contributed by atoms with van der Waals surface area (Å²) in [5.41, 5.74) is 2.54. The number of benzene rings is 2. The zero-order valence-corrected chi connectivity index (χ0v) is 26.4. The molecule has 0 spiro atoms. The van der Waals surface area contributed by atoms with Crippen LogP contribution in [0.25, 0.3) is 0 Å². The number of unbranched alkanes of at least 4 members (excludes halogenated alkanes) is 6. The average Bonchev–Trinajstić information content (AvgIpc) is 2.92. The molecule has 0 aliphatic rings. The van der Waals surface area contributed by atoms with E-state index in [1.165, 1.54) is 44.2 Å². The van der Waals surface area contributed by atoms with Gasteiger partial charge in [-0.25, -0.2) is 4.99 Å². The second-order valence-corrected chi connectivity index (χ2v) is 12.1. The highest BCUT2D eigenvalue weighted by atomic mass is 35.5. The SMILES string of the molecule is CCCCCc1cc(N(CCCCC)CCCCC)ccc1/N=C(\C(=O)Nc1ccccc1Cl)C(=O)C(C)(C)C. The van der Waals surface area contributed by atoms with Gasteiger partial charge in [-0.2, -0.15) is 0 Å². The van der Waals surface area contributed by atoms with Gasteiger partial charge in [0.05, 0.1) is 16.4 Å². The first-order valence-corrected chi connectivity index (χ1v) is 15.6. The van der Waals surface area contributed by atoms with Crippen LogP contribution in [-0.2, 0) is 16.0 Å². The first-order chi connectivity index (χ1) is 19.1. The van der Waals surface area contributed by atoms with E-state index < -0.39 is 11.3 Å². The summed E-state index contributed by atoms with van der Waals surface area (Å²) in [5, 5.41) is 3.22. The van der Waals surface area contributed by atoms with Gasteiger partial charge in [0.1, 0.15) is 0 Å². The highest BCUT2D eigenvalue weighted by molar-refractivity contribution is 6.68. The summed E-state index contributed by atoms with van der Waals surface area (Å²) in [6.07, 6.45) is 11.3. The summed E-state index contributed by atoms with van der Waals surface area (Å²) in [6, 6.07) is 13.3. The van der Waals surface area contributed by atoms with E-state index in [9.17, 15) is 9.59 Å². The van der Waals surface area contributed by atoms with Gasteiger partial charge in [0.25, 0.3) is 5.91 Å². The first-order valence-electron chi connectivity index (χ1n) is 15.2. The predicted molar refractivity (Wildman–Crippen MR) is 173 cm³/mol. The van der Waals surface area contributed by atoms with E-state index in [-0.39, 0.29) is 11.5 Å². The number of halogens is 1. The van der Waals surface area contributed by atoms with Crippen LogP contribution in [0.3, 0.4) is 0 Å². The third-order valence-electron chi connectivity index (χ3n) is 7.01. The summed E-state index contributed by atoms with van der Waals surface area (Å²) in [6.45, 7) is 14.1. The van der Waals surface area contributed by atoms with E-state index >= 15 is 0 Å². The second-order valence-electron chi connectivity index (χ2n) is 11.6. The number of hydrogen-bond donors (Lipinski definition) is 1. The van der Waals surface area contributed by atoms with Crippen LogP contribution in [0.4, 0.5) is 17.1 Å². The number of hydrogen-bond acceptors (Lipinski definition) is 4. The van der Waals surface area contributed by atoms with Gasteiger partial charge in [-0.3, -0.25) is 9.59 Å². The minimum absolute atomic E-state index is 0.0975. The minimum Gasteiger partial charge on any atom is -0.372 e. The molecule has 6 heteroatoms. The Morgan fingerprint density at radius 2 is 1.45 bits per heavy atom. The van der Waals surface area contributed by atoms with Crippen molar-refractivity contribution in [3.8, 4) is 0 Å². The number of anilines is 2. The molecule has 0 bridgehead atoms. The molecule has 0 aliphatic carbocycles. The van der Waals surface area contributed by atoms with Crippen molar-refractivity contribution < 1.29 is 9.59 Å². The number of carbonyl (C=O) groups is 2. The Morgan fingerprint density at radius 1 is 0.850 bits per heavy atom. The fourth-order valence-electron chi connectivity index (χ4n) is 4.54. The number of amides is 1. The lowest BCUT2D eigenvalue weighted by atomic mass is 9.87. The van der Waals surface area contributed by atoms with E-state index in [2.05, 4.69) is 43.1 Å². The molecule has 0 fully saturated rings. The molecule has 0 atom stereocenters. The van der Waals surface area contributed by atoms with Crippen LogP contribution >= 0.6 is 11.6 Å². The lowest BCUT2D eigenvalue weighted by Crippen LogP contribution is -2.37. The van der Waals surface area contributed by atoms with Gasteiger partial charge in [-0.15, -0.1) is 0 Å². The van der Waals surface area contributed by atoms with Gasteiger partial charge >= 0.3 is 0 Å². The molecule has 1 amide bonds. The van der Waals surface area contributed by atoms with Crippen LogP contribution < -0.4 is 10.2 Å². The van der Waals surface area contributed by atoms with Crippen LogP contribution in [-0.4, -0.2) is 30.5 Å². The number of ketones is 1. The Hall–Kier alpha value is -2.66. The van der Waals surface area contributed by atoms with Crippen molar-refractivity contribution in [3.63, 3.8) is 0 Å². The third kappa shape index (κ3) is 10.7. The quantitative estimate of drug-likeness (QED) is 0.117. The molecule has 2 aromatic carbocycles. The van der Waals surface area contributed by atoms with Crippen molar-refractivity contribution >= 4 is 46.1 Å². The van der Waals surface area contributed by atoms with Crippen molar-refractivity contribution in [1.82, 2.24) is 0 Å². The summed E-state index contributed by atoms with van der Waals surface area (Å²) in [7, 11) is 0. The summed E-state index contributed by atoms with van der Waals surface area (Å²) in [5.74, 6) is -0.848. The average molecular weight is 568 g/mol. The molecule has 0 unspecified atom stereocenters. The van der Waals surface area contributed by atoms with Gasteiger partial charge in [0, 0.05) is 24.2 Å². The van der Waals surface area contributed by atoms with Gasteiger partial charge in [0.15, 0.2) is 11.5 Å². The Kier molecular flexibility index (Phi) is 14.4. The fraction of sp³-hybridized carbons (Fsp3) is 0.559. The van der Waals surface area contributed by atoms with Crippen LogP contribution in [0.15, 0.2) is 47.5 Å². The molecular weight excluding hydrogens is 518 g/mol. The summed E-state index contributed by atoms with van der Waals surface area (Å²) >= 11 is 6.29. The molecule has 0 saturated heterocycles. The Bertz CT molecular complexity index is 1110. The van der Waals surface area contributed by atoms with Crippen LogP contribution in [0.2, 0.25) is 5.02 Å². The van der Waals surface area contributed by atoms with Crippen LogP contribution in [0, 0.1) is 5.41 Å². The number of aryl methyl sites for hydroxylation is 1. The predicted octanol–water partition coefficient (Wildman–Crippen LogP) is 9.59. The number of rotatable bonds is 17. The lowest BCUT2D eigenvalue weighted by molar-refractivity contribution is -0.121. The molecule has 0 saturated carbocycles. The maximum absolute atomic E-state index is 13.5. The summed E-state index contributed by atoms with van der Waals surface area (Å²) < 4.78 is 0. The van der Waals surface area contributed by atoms with E-state index in [0.29, 0.717) is 16.4 Å². The van der Waals surface area contributed by atoms with E-state index in [1.54, 1.807) is 24.3 Å². The normalized spacial score (nSPS) is 11.9. The number of Topliss-reactive ketones (excluding diaryl/α,β-unsaturated/α-hetero) is 1.